The van der Waals surface area contributed by atoms with E-state index in [-0.39, 0.29) is 11.9 Å². The second-order valence-electron chi connectivity index (χ2n) is 7.74. The molecule has 148 valence electrons. The molecule has 3 amide bonds. The van der Waals surface area contributed by atoms with Crippen LogP contribution in [0.15, 0.2) is 42.7 Å². The summed E-state index contributed by atoms with van der Waals surface area (Å²) in [4.78, 5) is 26.1. The number of amides is 3. The number of aromatic nitrogens is 2. The maximum absolute atomic E-state index is 12.6. The van der Waals surface area contributed by atoms with Gasteiger partial charge in [-0.2, -0.15) is 5.10 Å². The van der Waals surface area contributed by atoms with Gasteiger partial charge in [-0.3, -0.25) is 14.4 Å². The van der Waals surface area contributed by atoms with Gasteiger partial charge in [-0.15, -0.1) is 0 Å². The monoisotopic (exact) mass is 381 g/mol. The number of imide groups is 1. The lowest BCUT2D eigenvalue weighted by molar-refractivity contribution is -0.131. The average Bonchev–Trinajstić information content (AvgIpc) is 3.40. The standard InChI is InChI=1S/C21H27N5O2/c27-19-21(9-4-5-10-21)24-20(28)26(19)12-6-11-22-13-18-14-23-25(16-18)15-17-7-2-1-3-8-17/h1-3,7-8,14,16,22H,4-6,9-13,15H2,(H,24,28). The predicted molar refractivity (Wildman–Crippen MR) is 106 cm³/mol. The molecule has 4 rings (SSSR count). The molecule has 0 radical (unpaired) electrons. The molecule has 1 aliphatic carbocycles. The quantitative estimate of drug-likeness (QED) is 0.543. The summed E-state index contributed by atoms with van der Waals surface area (Å²) in [5, 5.41) is 10.7. The molecule has 1 spiro atoms. The van der Waals surface area contributed by atoms with E-state index in [0.717, 1.165) is 57.3 Å². The Morgan fingerprint density at radius 2 is 1.89 bits per heavy atom. The number of nitrogens with zero attached hydrogens (tertiary/aromatic N) is 3. The van der Waals surface area contributed by atoms with Crippen molar-refractivity contribution in [3.8, 4) is 0 Å². The molecule has 7 heteroatoms. The number of carbonyl (C=O) groups is 2. The van der Waals surface area contributed by atoms with Crippen LogP contribution in [-0.2, 0) is 17.9 Å². The molecule has 2 aromatic rings. The van der Waals surface area contributed by atoms with Crippen LogP contribution in [0.4, 0.5) is 4.79 Å². The first-order chi connectivity index (χ1) is 13.7. The van der Waals surface area contributed by atoms with Crippen LogP contribution in [0.5, 0.6) is 0 Å². The highest BCUT2D eigenvalue weighted by molar-refractivity contribution is 6.07. The van der Waals surface area contributed by atoms with Crippen molar-refractivity contribution in [1.82, 2.24) is 25.3 Å². The number of hydrogen-bond acceptors (Lipinski definition) is 4. The lowest BCUT2D eigenvalue weighted by Crippen LogP contribution is -2.44. The molecule has 1 aliphatic heterocycles. The van der Waals surface area contributed by atoms with Crippen molar-refractivity contribution in [2.45, 2.75) is 50.7 Å². The fourth-order valence-electron chi connectivity index (χ4n) is 4.15. The highest BCUT2D eigenvalue weighted by Crippen LogP contribution is 2.34. The van der Waals surface area contributed by atoms with E-state index in [2.05, 4.69) is 27.9 Å². The molecule has 7 nitrogen and oxygen atoms in total. The first-order valence-electron chi connectivity index (χ1n) is 10.1. The number of urea groups is 1. The second kappa shape index (κ2) is 8.14. The van der Waals surface area contributed by atoms with Gasteiger partial charge in [0.05, 0.1) is 12.7 Å². The van der Waals surface area contributed by atoms with Gasteiger partial charge in [-0.1, -0.05) is 43.2 Å². The van der Waals surface area contributed by atoms with Crippen molar-refractivity contribution in [3.05, 3.63) is 53.9 Å². The zero-order valence-electron chi connectivity index (χ0n) is 16.1. The van der Waals surface area contributed by atoms with Gasteiger partial charge in [0.25, 0.3) is 5.91 Å². The van der Waals surface area contributed by atoms with Crippen LogP contribution < -0.4 is 10.6 Å². The first kappa shape index (κ1) is 18.7. The summed E-state index contributed by atoms with van der Waals surface area (Å²) in [7, 11) is 0. The van der Waals surface area contributed by atoms with Crippen molar-refractivity contribution in [2.24, 2.45) is 0 Å². The van der Waals surface area contributed by atoms with Gasteiger partial charge >= 0.3 is 6.03 Å². The smallest absolute Gasteiger partial charge is 0.323 e. The van der Waals surface area contributed by atoms with Crippen LogP contribution in [0, 0.1) is 0 Å². The van der Waals surface area contributed by atoms with Crippen LogP contribution in [0.25, 0.3) is 0 Å². The minimum Gasteiger partial charge on any atom is -0.323 e. The number of hydrogen-bond donors (Lipinski definition) is 2. The van der Waals surface area contributed by atoms with E-state index >= 15 is 0 Å². The van der Waals surface area contributed by atoms with Crippen LogP contribution in [-0.4, -0.2) is 45.2 Å². The Balaban J connectivity index is 1.18. The minimum atomic E-state index is -0.599. The zero-order chi connectivity index (χ0) is 19.4. The lowest BCUT2D eigenvalue weighted by Gasteiger charge is -2.20. The third-order valence-corrected chi connectivity index (χ3v) is 5.64. The third-order valence-electron chi connectivity index (χ3n) is 5.64. The van der Waals surface area contributed by atoms with Gasteiger partial charge in [0.1, 0.15) is 5.54 Å². The molecule has 1 saturated carbocycles. The normalized spacial score (nSPS) is 18.2. The van der Waals surface area contributed by atoms with Gasteiger partial charge in [-0.25, -0.2) is 4.79 Å². The highest BCUT2D eigenvalue weighted by atomic mass is 16.2. The maximum Gasteiger partial charge on any atom is 0.325 e. The van der Waals surface area contributed by atoms with Crippen LogP contribution in [0.1, 0.15) is 43.2 Å². The fourth-order valence-corrected chi connectivity index (χ4v) is 4.15. The molecule has 2 N–H and O–H groups in total. The van der Waals surface area contributed by atoms with Crippen LogP contribution >= 0.6 is 0 Å². The third kappa shape index (κ3) is 3.94. The van der Waals surface area contributed by atoms with E-state index in [0.29, 0.717) is 6.54 Å². The molecule has 28 heavy (non-hydrogen) atoms. The van der Waals surface area contributed by atoms with Gasteiger partial charge < -0.3 is 10.6 Å². The number of carbonyl (C=O) groups excluding carboxylic acids is 2. The summed E-state index contributed by atoms with van der Waals surface area (Å²) in [6.45, 7) is 2.69. The summed E-state index contributed by atoms with van der Waals surface area (Å²) in [6, 6.07) is 10.0. The summed E-state index contributed by atoms with van der Waals surface area (Å²) in [5.41, 5.74) is 1.74. The fraction of sp³-hybridized carbons (Fsp3) is 0.476. The first-order valence-corrected chi connectivity index (χ1v) is 10.1. The Hall–Kier alpha value is -2.67. The molecule has 1 aromatic heterocycles. The van der Waals surface area contributed by atoms with Crippen molar-refractivity contribution in [2.75, 3.05) is 13.1 Å². The highest BCUT2D eigenvalue weighted by Gasteiger charge is 2.51. The molecule has 1 aromatic carbocycles. The van der Waals surface area contributed by atoms with E-state index in [4.69, 9.17) is 0 Å². The Morgan fingerprint density at radius 1 is 1.11 bits per heavy atom. The molecule has 0 unspecified atom stereocenters. The van der Waals surface area contributed by atoms with Crippen molar-refractivity contribution < 1.29 is 9.59 Å². The zero-order valence-corrected chi connectivity index (χ0v) is 16.1. The Bertz CT molecular complexity index is 826. The number of nitrogens with one attached hydrogen (secondary N) is 2. The van der Waals surface area contributed by atoms with Crippen molar-refractivity contribution in [3.63, 3.8) is 0 Å². The second-order valence-corrected chi connectivity index (χ2v) is 7.74. The van der Waals surface area contributed by atoms with Crippen molar-refractivity contribution >= 4 is 11.9 Å². The SMILES string of the molecule is O=C1NC2(CCCC2)C(=O)N1CCCNCc1cnn(Cc2ccccc2)c1. The van der Waals surface area contributed by atoms with E-state index in [1.165, 1.54) is 10.5 Å². The van der Waals surface area contributed by atoms with Gasteiger partial charge in [0.2, 0.25) is 0 Å². The van der Waals surface area contributed by atoms with Crippen LogP contribution in [0.2, 0.25) is 0 Å². The summed E-state index contributed by atoms with van der Waals surface area (Å²) in [5.74, 6) is -0.0304. The largest absolute Gasteiger partial charge is 0.325 e. The average molecular weight is 381 g/mol. The van der Waals surface area contributed by atoms with Crippen LogP contribution in [0.3, 0.4) is 0 Å². The van der Waals surface area contributed by atoms with Crippen molar-refractivity contribution in [1.29, 1.82) is 0 Å². The Kier molecular flexibility index (Phi) is 5.43. The van der Waals surface area contributed by atoms with E-state index < -0.39 is 5.54 Å². The maximum atomic E-state index is 12.6. The summed E-state index contributed by atoms with van der Waals surface area (Å²) >= 11 is 0. The van der Waals surface area contributed by atoms with E-state index in [1.54, 1.807) is 0 Å². The topological polar surface area (TPSA) is 79.3 Å². The summed E-state index contributed by atoms with van der Waals surface area (Å²) < 4.78 is 1.93. The molecule has 2 fully saturated rings. The molecular weight excluding hydrogens is 354 g/mol. The molecule has 0 atom stereocenters. The van der Waals surface area contributed by atoms with E-state index in [9.17, 15) is 9.59 Å². The molecule has 0 bridgehead atoms. The Morgan fingerprint density at radius 3 is 2.68 bits per heavy atom. The Labute approximate surface area is 165 Å². The number of rotatable bonds is 8. The van der Waals surface area contributed by atoms with E-state index in [1.807, 2.05) is 35.3 Å². The predicted octanol–water partition coefficient (Wildman–Crippen LogP) is 2.28. The summed E-state index contributed by atoms with van der Waals surface area (Å²) in [6.07, 6.45) is 8.24. The van der Waals surface area contributed by atoms with Gasteiger partial charge in [0, 0.05) is 24.8 Å². The minimum absolute atomic E-state index is 0.0304. The molecule has 2 aliphatic rings. The van der Waals surface area contributed by atoms with Gasteiger partial charge in [-0.05, 0) is 31.4 Å². The lowest BCUT2D eigenvalue weighted by atomic mass is 9.98. The molecular formula is C21H27N5O2. The van der Waals surface area contributed by atoms with Gasteiger partial charge in [0.15, 0.2) is 0 Å². The molecule has 1 saturated heterocycles. The molecule has 2 heterocycles. The number of benzene rings is 1.